The fraction of sp³-hybridized carbons (Fsp3) is 0.312. The average molecular weight is 352 g/mol. The molecule has 0 fully saturated rings. The van der Waals surface area contributed by atoms with Crippen LogP contribution in [-0.4, -0.2) is 25.8 Å². The molecule has 2 aromatic heterocycles. The molecule has 0 bridgehead atoms. The summed E-state index contributed by atoms with van der Waals surface area (Å²) >= 11 is 1.69. The molecule has 0 aliphatic carbocycles. The Morgan fingerprint density at radius 1 is 1.26 bits per heavy atom. The summed E-state index contributed by atoms with van der Waals surface area (Å²) in [6.07, 6.45) is 0.353. The molecule has 0 radical (unpaired) electrons. The van der Waals surface area contributed by atoms with Crippen LogP contribution in [0.4, 0.5) is 0 Å². The smallest absolute Gasteiger partial charge is 0.265 e. The van der Waals surface area contributed by atoms with E-state index in [9.17, 15) is 8.42 Å². The lowest BCUT2D eigenvalue weighted by Crippen LogP contribution is -2.39. The zero-order chi connectivity index (χ0) is 16.6. The second kappa shape index (κ2) is 6.07. The first kappa shape index (κ1) is 16.2. The lowest BCUT2D eigenvalue weighted by molar-refractivity contribution is -0.675. The largest absolute Gasteiger partial charge is 0.497 e. The van der Waals surface area contributed by atoms with Crippen LogP contribution in [-0.2, 0) is 16.7 Å². The van der Waals surface area contributed by atoms with Crippen LogP contribution in [0.3, 0.4) is 0 Å². The molecule has 0 unspecified atom stereocenters. The van der Waals surface area contributed by atoms with Crippen molar-refractivity contribution in [2.45, 2.75) is 19.9 Å². The van der Waals surface area contributed by atoms with Gasteiger partial charge in [0.2, 0.25) is 5.52 Å². The fourth-order valence-corrected chi connectivity index (χ4v) is 4.35. The number of hydrogen-bond donors (Lipinski definition) is 1. The van der Waals surface area contributed by atoms with Gasteiger partial charge in [0, 0.05) is 13.3 Å². The topological polar surface area (TPSA) is 67.5 Å². The van der Waals surface area contributed by atoms with Crippen LogP contribution < -0.4 is 9.30 Å². The quantitative estimate of drug-likeness (QED) is 0.566. The summed E-state index contributed by atoms with van der Waals surface area (Å²) in [5, 5.41) is 4.34. The normalized spacial score (nSPS) is 12.1. The van der Waals surface area contributed by atoms with Crippen molar-refractivity contribution in [3.8, 4) is 5.75 Å². The van der Waals surface area contributed by atoms with Crippen LogP contribution in [0.15, 0.2) is 29.6 Å². The van der Waals surface area contributed by atoms with E-state index in [0.29, 0.717) is 13.0 Å². The Hall–Kier alpha value is -1.70. The maximum absolute atomic E-state index is 11.0. The average Bonchev–Trinajstić information content (AvgIpc) is 2.98. The monoisotopic (exact) mass is 352 g/mol. The lowest BCUT2D eigenvalue weighted by Gasteiger charge is -2.08. The predicted molar refractivity (Wildman–Crippen MR) is 91.8 cm³/mol. The number of methoxy groups -OCH3 is 1. The Bertz CT molecular complexity index is 977. The van der Waals surface area contributed by atoms with Gasteiger partial charge in [0.1, 0.15) is 12.3 Å². The minimum Gasteiger partial charge on any atom is -0.497 e. The number of rotatable bonds is 5. The van der Waals surface area contributed by atoms with Crippen molar-refractivity contribution in [1.29, 1.82) is 0 Å². The number of nitrogens with zero attached hydrogens (tertiary/aromatic N) is 1. The van der Waals surface area contributed by atoms with Gasteiger partial charge in [-0.15, -0.1) is 11.3 Å². The Morgan fingerprint density at radius 2 is 2.04 bits per heavy atom. The van der Waals surface area contributed by atoms with E-state index in [1.54, 1.807) is 18.4 Å². The molecule has 2 heterocycles. The zero-order valence-corrected chi connectivity index (χ0v) is 14.6. The van der Waals surface area contributed by atoms with E-state index in [1.807, 2.05) is 25.1 Å². The Labute approximate surface area is 138 Å². The molecule has 7 heteroatoms. The molecule has 3 aromatic rings. The molecule has 5 nitrogen and oxygen atoms in total. The maximum atomic E-state index is 11.0. The van der Waals surface area contributed by atoms with Gasteiger partial charge in [-0.05, 0) is 23.6 Å². The van der Waals surface area contributed by atoms with Crippen molar-refractivity contribution in [2.24, 2.45) is 0 Å². The number of benzene rings is 1. The van der Waals surface area contributed by atoms with Crippen molar-refractivity contribution in [3.63, 3.8) is 0 Å². The second-order valence-electron chi connectivity index (χ2n) is 5.42. The second-order valence-corrected chi connectivity index (χ2v) is 7.91. The maximum Gasteiger partial charge on any atom is 0.265 e. The third kappa shape index (κ3) is 3.17. The minimum atomic E-state index is -3.94. The molecule has 0 saturated heterocycles. The first-order valence-electron chi connectivity index (χ1n) is 7.23. The van der Waals surface area contributed by atoms with Crippen LogP contribution in [0.1, 0.15) is 12.1 Å². The van der Waals surface area contributed by atoms with Gasteiger partial charge in [-0.1, -0.05) is 0 Å². The van der Waals surface area contributed by atoms with E-state index in [4.69, 9.17) is 9.29 Å². The number of thiophene rings is 1. The molecule has 0 saturated carbocycles. The van der Waals surface area contributed by atoms with Crippen molar-refractivity contribution in [3.05, 3.63) is 35.3 Å². The molecule has 122 valence electrons. The van der Waals surface area contributed by atoms with Crippen LogP contribution >= 0.6 is 11.3 Å². The summed E-state index contributed by atoms with van der Waals surface area (Å²) in [5.41, 5.74) is 2.09. The SMILES string of the molecule is COc1ccc2c3sccc3c(C)[n+](CCCS(=O)(=O)O)c2c1. The first-order chi connectivity index (χ1) is 10.9. The number of pyridine rings is 1. The minimum absolute atomic E-state index is 0.243. The highest BCUT2D eigenvalue weighted by atomic mass is 32.2. The van der Waals surface area contributed by atoms with E-state index >= 15 is 0 Å². The van der Waals surface area contributed by atoms with E-state index < -0.39 is 10.1 Å². The van der Waals surface area contributed by atoms with Crippen molar-refractivity contribution >= 4 is 42.4 Å². The van der Waals surface area contributed by atoms with E-state index in [-0.39, 0.29) is 5.75 Å². The van der Waals surface area contributed by atoms with Gasteiger partial charge in [0.15, 0.2) is 5.69 Å². The Morgan fingerprint density at radius 3 is 2.74 bits per heavy atom. The van der Waals surface area contributed by atoms with Gasteiger partial charge in [-0.3, -0.25) is 4.55 Å². The Kier molecular flexibility index (Phi) is 4.27. The van der Waals surface area contributed by atoms with Crippen molar-refractivity contribution < 1.29 is 22.3 Å². The van der Waals surface area contributed by atoms with Gasteiger partial charge in [0.25, 0.3) is 10.1 Å². The number of fused-ring (bicyclic) bond motifs is 3. The fourth-order valence-electron chi connectivity index (χ4n) is 2.88. The zero-order valence-electron chi connectivity index (χ0n) is 12.9. The molecule has 0 amide bonds. The van der Waals surface area contributed by atoms with E-state index in [1.165, 1.54) is 10.1 Å². The highest BCUT2D eigenvalue weighted by molar-refractivity contribution is 7.85. The van der Waals surface area contributed by atoms with Gasteiger partial charge in [0.05, 0.1) is 34.4 Å². The number of ether oxygens (including phenoxy) is 1. The van der Waals surface area contributed by atoms with Crippen molar-refractivity contribution in [2.75, 3.05) is 12.9 Å². The van der Waals surface area contributed by atoms with E-state index in [2.05, 4.69) is 16.0 Å². The highest BCUT2D eigenvalue weighted by Gasteiger charge is 2.20. The molecular weight excluding hydrogens is 334 g/mol. The predicted octanol–water partition coefficient (Wildman–Crippen LogP) is 2.94. The lowest BCUT2D eigenvalue weighted by atomic mass is 10.1. The summed E-state index contributed by atoms with van der Waals surface area (Å²) in [4.78, 5) is 0. The molecule has 0 aliphatic heterocycles. The molecule has 0 atom stereocenters. The van der Waals surface area contributed by atoms with Crippen LogP contribution in [0, 0.1) is 6.92 Å². The summed E-state index contributed by atoms with van der Waals surface area (Å²) in [6, 6.07) is 8.01. The van der Waals surface area contributed by atoms with Crippen molar-refractivity contribution in [1.82, 2.24) is 0 Å². The molecule has 0 spiro atoms. The molecule has 0 aliphatic rings. The molecular formula is C16H18NO4S2+. The standard InChI is InChI=1S/C16H17NO4S2/c1-11-13-6-8-22-16(13)14-5-4-12(21-2)10-15(14)17(11)7-3-9-23(18,19)20/h4-6,8,10H,3,7,9H2,1-2H3/p+1. The highest BCUT2D eigenvalue weighted by Crippen LogP contribution is 2.31. The third-order valence-electron chi connectivity index (χ3n) is 3.98. The summed E-state index contributed by atoms with van der Waals surface area (Å²) in [7, 11) is -2.32. The van der Waals surface area contributed by atoms with E-state index in [0.717, 1.165) is 22.3 Å². The molecule has 23 heavy (non-hydrogen) atoms. The van der Waals surface area contributed by atoms with Gasteiger partial charge in [-0.25, -0.2) is 0 Å². The number of hydrogen-bond acceptors (Lipinski definition) is 4. The van der Waals surface area contributed by atoms with Crippen LogP contribution in [0.2, 0.25) is 0 Å². The van der Waals surface area contributed by atoms with Crippen LogP contribution in [0.5, 0.6) is 5.75 Å². The molecule has 3 rings (SSSR count). The van der Waals surface area contributed by atoms with Gasteiger partial charge < -0.3 is 4.74 Å². The Balaban J connectivity index is 2.17. The summed E-state index contributed by atoms with van der Waals surface area (Å²) in [6.45, 7) is 2.54. The number of aryl methyl sites for hydroxylation is 2. The first-order valence-corrected chi connectivity index (χ1v) is 9.72. The van der Waals surface area contributed by atoms with Gasteiger partial charge in [-0.2, -0.15) is 13.0 Å². The van der Waals surface area contributed by atoms with Gasteiger partial charge >= 0.3 is 0 Å². The van der Waals surface area contributed by atoms with Crippen LogP contribution in [0.25, 0.3) is 21.0 Å². The number of aromatic nitrogens is 1. The molecule has 1 N–H and O–H groups in total. The summed E-state index contributed by atoms with van der Waals surface area (Å²) in [5.74, 6) is 0.517. The summed E-state index contributed by atoms with van der Waals surface area (Å²) < 4.78 is 39.5. The third-order valence-corrected chi connectivity index (χ3v) is 5.74. The molecule has 1 aromatic carbocycles.